The largest absolute Gasteiger partial charge is 0.484 e. The molecular weight excluding hydrogens is 265 g/mol. The topological polar surface area (TPSA) is 38.3 Å². The number of thiophene rings is 1. The van der Waals surface area contributed by atoms with Crippen molar-refractivity contribution >= 4 is 17.2 Å². The molecule has 0 aliphatic carbocycles. The maximum absolute atomic E-state index is 12.9. The van der Waals surface area contributed by atoms with Gasteiger partial charge in [0.1, 0.15) is 11.6 Å². The number of benzene rings is 1. The first-order chi connectivity index (χ1) is 9.15. The van der Waals surface area contributed by atoms with Gasteiger partial charge in [0.15, 0.2) is 6.61 Å². The van der Waals surface area contributed by atoms with E-state index >= 15 is 0 Å². The Morgan fingerprint density at radius 3 is 2.95 bits per heavy atom. The number of carbonyl (C=O) groups excluding carboxylic acids is 1. The molecule has 1 aromatic carbocycles. The molecule has 3 nitrogen and oxygen atoms in total. The molecule has 1 aromatic heterocycles. The van der Waals surface area contributed by atoms with Crippen LogP contribution in [0.5, 0.6) is 5.75 Å². The smallest absolute Gasteiger partial charge is 0.258 e. The third-order valence-corrected chi connectivity index (χ3v) is 3.57. The van der Waals surface area contributed by atoms with E-state index in [0.717, 1.165) is 4.88 Å². The highest BCUT2D eigenvalue weighted by atomic mass is 32.1. The lowest BCUT2D eigenvalue weighted by Crippen LogP contribution is -2.30. The molecule has 0 fully saturated rings. The third-order valence-electron chi connectivity index (χ3n) is 2.51. The van der Waals surface area contributed by atoms with E-state index in [1.165, 1.54) is 18.2 Å². The van der Waals surface area contributed by atoms with Crippen LogP contribution < -0.4 is 10.1 Å². The number of nitrogens with one attached hydrogen (secondary N) is 1. The van der Waals surface area contributed by atoms with E-state index in [0.29, 0.717) is 5.75 Å². The maximum Gasteiger partial charge on any atom is 0.258 e. The summed E-state index contributed by atoms with van der Waals surface area (Å²) in [5.41, 5.74) is 0. The Bertz CT molecular complexity index is 542. The minimum Gasteiger partial charge on any atom is -0.484 e. The number of hydrogen-bond donors (Lipinski definition) is 1. The van der Waals surface area contributed by atoms with Gasteiger partial charge in [0.2, 0.25) is 0 Å². The van der Waals surface area contributed by atoms with Crippen LogP contribution in [0.3, 0.4) is 0 Å². The zero-order chi connectivity index (χ0) is 13.7. The Hall–Kier alpha value is -1.88. The summed E-state index contributed by atoms with van der Waals surface area (Å²) in [4.78, 5) is 12.8. The molecule has 1 atom stereocenters. The number of rotatable bonds is 5. The van der Waals surface area contributed by atoms with E-state index in [-0.39, 0.29) is 24.4 Å². The first kappa shape index (κ1) is 13.5. The Morgan fingerprint density at radius 1 is 1.42 bits per heavy atom. The minimum absolute atomic E-state index is 0.0522. The number of carbonyl (C=O) groups is 1. The van der Waals surface area contributed by atoms with Crippen LogP contribution >= 0.6 is 11.3 Å². The minimum atomic E-state index is -0.384. The lowest BCUT2D eigenvalue weighted by molar-refractivity contribution is -0.123. The zero-order valence-corrected chi connectivity index (χ0v) is 11.2. The monoisotopic (exact) mass is 279 g/mol. The van der Waals surface area contributed by atoms with Crippen LogP contribution in [0, 0.1) is 5.82 Å². The molecule has 0 radical (unpaired) electrons. The molecule has 1 amide bonds. The van der Waals surface area contributed by atoms with Crippen molar-refractivity contribution in [1.82, 2.24) is 5.32 Å². The van der Waals surface area contributed by atoms with Crippen molar-refractivity contribution in [3.8, 4) is 5.75 Å². The predicted octanol–water partition coefficient (Wildman–Crippen LogP) is 3.14. The standard InChI is InChI=1S/C14H14FNO2S/c1-10(13-6-3-7-19-13)16-14(17)9-18-12-5-2-4-11(15)8-12/h2-8,10H,9H2,1H3,(H,16,17)/t10-/m1/s1. The lowest BCUT2D eigenvalue weighted by atomic mass is 10.3. The highest BCUT2D eigenvalue weighted by Crippen LogP contribution is 2.18. The summed E-state index contributed by atoms with van der Waals surface area (Å²) in [5.74, 6) is -0.269. The van der Waals surface area contributed by atoms with E-state index < -0.39 is 0 Å². The summed E-state index contributed by atoms with van der Waals surface area (Å²) < 4.78 is 18.1. The van der Waals surface area contributed by atoms with Crippen molar-refractivity contribution in [3.05, 3.63) is 52.5 Å². The molecule has 0 aliphatic rings. The van der Waals surface area contributed by atoms with E-state index in [4.69, 9.17) is 4.74 Å². The van der Waals surface area contributed by atoms with Gasteiger partial charge >= 0.3 is 0 Å². The normalized spacial score (nSPS) is 11.9. The third kappa shape index (κ3) is 4.06. The number of halogens is 1. The molecule has 0 saturated heterocycles. The van der Waals surface area contributed by atoms with E-state index in [9.17, 15) is 9.18 Å². The molecule has 100 valence electrons. The Labute approximate surface area is 115 Å². The van der Waals surface area contributed by atoms with Gasteiger partial charge in [-0.1, -0.05) is 12.1 Å². The SMILES string of the molecule is C[C@@H](NC(=O)COc1cccc(F)c1)c1cccs1. The Balaban J connectivity index is 1.82. The summed E-state index contributed by atoms with van der Waals surface area (Å²) in [5, 5.41) is 4.78. The molecule has 2 aromatic rings. The van der Waals surface area contributed by atoms with Crippen molar-refractivity contribution in [1.29, 1.82) is 0 Å². The van der Waals surface area contributed by atoms with Gasteiger partial charge in [-0.25, -0.2) is 4.39 Å². The molecule has 1 heterocycles. The molecule has 1 N–H and O–H groups in total. The maximum atomic E-state index is 12.9. The number of ether oxygens (including phenoxy) is 1. The van der Waals surface area contributed by atoms with Crippen LogP contribution in [-0.4, -0.2) is 12.5 Å². The quantitative estimate of drug-likeness (QED) is 0.913. The second kappa shape index (κ2) is 6.33. The molecule has 19 heavy (non-hydrogen) atoms. The molecule has 0 aliphatic heterocycles. The highest BCUT2D eigenvalue weighted by Gasteiger charge is 2.10. The first-order valence-corrected chi connectivity index (χ1v) is 6.74. The summed E-state index contributed by atoms with van der Waals surface area (Å²) >= 11 is 1.58. The fourth-order valence-corrected chi connectivity index (χ4v) is 2.33. The Morgan fingerprint density at radius 2 is 2.26 bits per heavy atom. The second-order valence-corrected chi connectivity index (χ2v) is 5.03. The van der Waals surface area contributed by atoms with Gasteiger partial charge in [0.05, 0.1) is 6.04 Å². The van der Waals surface area contributed by atoms with Crippen molar-refractivity contribution in [2.45, 2.75) is 13.0 Å². The first-order valence-electron chi connectivity index (χ1n) is 5.86. The van der Waals surface area contributed by atoms with Crippen LogP contribution in [0.15, 0.2) is 41.8 Å². The van der Waals surface area contributed by atoms with Gasteiger partial charge < -0.3 is 10.1 Å². The fourth-order valence-electron chi connectivity index (χ4n) is 1.60. The summed E-state index contributed by atoms with van der Waals surface area (Å²) in [7, 11) is 0. The van der Waals surface area contributed by atoms with Crippen LogP contribution in [0.4, 0.5) is 4.39 Å². The molecule has 0 bridgehead atoms. The molecule has 5 heteroatoms. The van der Waals surface area contributed by atoms with Gasteiger partial charge in [-0.3, -0.25) is 4.79 Å². The molecule has 2 rings (SSSR count). The van der Waals surface area contributed by atoms with Gasteiger partial charge in [-0.2, -0.15) is 0 Å². The molecule has 0 spiro atoms. The van der Waals surface area contributed by atoms with Gasteiger partial charge in [0, 0.05) is 10.9 Å². The van der Waals surface area contributed by atoms with E-state index in [1.807, 2.05) is 24.4 Å². The van der Waals surface area contributed by atoms with Crippen molar-refractivity contribution in [2.75, 3.05) is 6.61 Å². The molecule has 0 saturated carbocycles. The summed E-state index contributed by atoms with van der Waals surface area (Å²) in [6.07, 6.45) is 0. The molecule has 0 unspecified atom stereocenters. The highest BCUT2D eigenvalue weighted by molar-refractivity contribution is 7.10. The lowest BCUT2D eigenvalue weighted by Gasteiger charge is -2.12. The van der Waals surface area contributed by atoms with Crippen LogP contribution in [0.25, 0.3) is 0 Å². The van der Waals surface area contributed by atoms with Crippen LogP contribution in [0.2, 0.25) is 0 Å². The Kier molecular flexibility index (Phi) is 4.52. The predicted molar refractivity (Wildman–Crippen MR) is 72.8 cm³/mol. The second-order valence-electron chi connectivity index (χ2n) is 4.05. The van der Waals surface area contributed by atoms with Gasteiger partial charge in [0.25, 0.3) is 5.91 Å². The number of hydrogen-bond acceptors (Lipinski definition) is 3. The van der Waals surface area contributed by atoms with Crippen LogP contribution in [0.1, 0.15) is 17.8 Å². The fraction of sp³-hybridized carbons (Fsp3) is 0.214. The summed E-state index contributed by atoms with van der Waals surface area (Å²) in [6, 6.07) is 9.57. The van der Waals surface area contributed by atoms with Crippen molar-refractivity contribution in [3.63, 3.8) is 0 Å². The summed E-state index contributed by atoms with van der Waals surface area (Å²) in [6.45, 7) is 1.78. The van der Waals surface area contributed by atoms with Crippen molar-refractivity contribution < 1.29 is 13.9 Å². The van der Waals surface area contributed by atoms with E-state index in [2.05, 4.69) is 5.32 Å². The number of amides is 1. The van der Waals surface area contributed by atoms with E-state index in [1.54, 1.807) is 17.4 Å². The van der Waals surface area contributed by atoms with Gasteiger partial charge in [-0.15, -0.1) is 11.3 Å². The average molecular weight is 279 g/mol. The molecular formula is C14H14FNO2S. The average Bonchev–Trinajstić information content (AvgIpc) is 2.90. The van der Waals surface area contributed by atoms with Crippen molar-refractivity contribution in [2.24, 2.45) is 0 Å². The van der Waals surface area contributed by atoms with Gasteiger partial charge in [-0.05, 0) is 30.5 Å². The zero-order valence-electron chi connectivity index (χ0n) is 10.4. The van der Waals surface area contributed by atoms with Crippen LogP contribution in [-0.2, 0) is 4.79 Å².